The third-order valence-electron chi connectivity index (χ3n) is 5.54. The molecule has 0 radical (unpaired) electrons. The van der Waals surface area contributed by atoms with E-state index < -0.39 is 10.9 Å². The van der Waals surface area contributed by atoms with Crippen molar-refractivity contribution in [2.24, 2.45) is 0 Å². The van der Waals surface area contributed by atoms with Crippen molar-refractivity contribution in [2.45, 2.75) is 18.4 Å². The summed E-state index contributed by atoms with van der Waals surface area (Å²) in [6.07, 6.45) is 3.48. The number of nitrogens with one attached hydrogen (secondary N) is 1. The van der Waals surface area contributed by atoms with Gasteiger partial charge < -0.3 is 0 Å². The Morgan fingerprint density at radius 3 is 2.24 bits per heavy atom. The lowest BCUT2D eigenvalue weighted by Crippen LogP contribution is -2.18. The van der Waals surface area contributed by atoms with Crippen LogP contribution in [0.25, 0.3) is 0 Å². The summed E-state index contributed by atoms with van der Waals surface area (Å²) in [4.78, 5) is 9.06. The third-order valence-corrected chi connectivity index (χ3v) is 5.96. The number of benzene rings is 2. The maximum Gasteiger partial charge on any atom is 0.201 e. The van der Waals surface area contributed by atoms with E-state index in [1.165, 1.54) is 12.1 Å². The summed E-state index contributed by atoms with van der Waals surface area (Å²) in [5.41, 5.74) is 4.51. The second kappa shape index (κ2) is 10.8. The quantitative estimate of drug-likeness (QED) is 0.377. The topological polar surface area (TPSA) is 95.7 Å². The molecule has 0 bridgehead atoms. The molecule has 2 heterocycles. The molecule has 2 atom stereocenters. The molecule has 0 spiro atoms. The molecule has 170 valence electrons. The molecular weight excluding hydrogens is 451 g/mol. The normalized spacial score (nSPS) is 12.7. The molecule has 2 aromatic heterocycles. The monoisotopic (exact) mass is 472 g/mol. The van der Waals surface area contributed by atoms with E-state index in [4.69, 9.17) is 4.98 Å². The summed E-state index contributed by atoms with van der Waals surface area (Å²) >= 11 is 0. The lowest BCUT2D eigenvalue weighted by Gasteiger charge is -2.28. The standard InChI is InChI=1S/C26H21FN4O2S/c27-22-12-10-20(11-13-22)26(24-5-1-4-23(31-24)17-30-34(32)33)25(21-3-2-14-29-16-21)19-8-6-18(15-28)7-9-19/h1-14,16,25-26,34H,17H2,(H,30,32,33)/t25?,26-/m1/s1. The summed E-state index contributed by atoms with van der Waals surface area (Å²) in [6.45, 7) is 0.0666. The molecule has 4 aromatic rings. The molecule has 4 rings (SSSR count). The van der Waals surface area contributed by atoms with E-state index in [1.54, 1.807) is 42.7 Å². The van der Waals surface area contributed by atoms with Crippen molar-refractivity contribution >= 4 is 10.9 Å². The van der Waals surface area contributed by atoms with Gasteiger partial charge in [-0.2, -0.15) is 5.26 Å². The van der Waals surface area contributed by atoms with Gasteiger partial charge in [-0.3, -0.25) is 9.97 Å². The number of hydrogen-bond acceptors (Lipinski definition) is 5. The van der Waals surface area contributed by atoms with E-state index in [9.17, 15) is 18.1 Å². The van der Waals surface area contributed by atoms with Crippen LogP contribution in [0, 0.1) is 17.1 Å². The molecule has 0 aliphatic carbocycles. The maximum atomic E-state index is 13.8. The Labute approximate surface area is 198 Å². The lowest BCUT2D eigenvalue weighted by atomic mass is 9.75. The summed E-state index contributed by atoms with van der Waals surface area (Å²) in [5, 5.41) is 9.24. The molecule has 0 amide bonds. The Kier molecular flexibility index (Phi) is 7.38. The number of hydrogen-bond donors (Lipinski definition) is 2. The Bertz CT molecular complexity index is 1360. The molecular formula is C26H21FN4O2S. The highest BCUT2D eigenvalue weighted by Crippen LogP contribution is 2.42. The summed E-state index contributed by atoms with van der Waals surface area (Å²) < 4.78 is 38.2. The van der Waals surface area contributed by atoms with Crippen LogP contribution in [0.1, 0.15) is 45.5 Å². The van der Waals surface area contributed by atoms with Gasteiger partial charge in [0.1, 0.15) is 5.82 Å². The van der Waals surface area contributed by atoms with Gasteiger partial charge in [0.05, 0.1) is 23.9 Å². The predicted molar refractivity (Wildman–Crippen MR) is 127 cm³/mol. The predicted octanol–water partition coefficient (Wildman–Crippen LogP) is 4.07. The minimum Gasteiger partial charge on any atom is -0.264 e. The van der Waals surface area contributed by atoms with E-state index in [2.05, 4.69) is 15.8 Å². The van der Waals surface area contributed by atoms with E-state index in [0.717, 1.165) is 16.7 Å². The first-order chi connectivity index (χ1) is 16.5. The smallest absolute Gasteiger partial charge is 0.201 e. The molecule has 0 saturated heterocycles. The van der Waals surface area contributed by atoms with Crippen molar-refractivity contribution in [3.05, 3.63) is 131 Å². The fourth-order valence-electron chi connectivity index (χ4n) is 4.02. The SMILES string of the molecule is N#Cc1ccc(C(c2cccnc2)[C@H](c2ccc(F)cc2)c2cccc(CN[SH](=O)=O)n2)cc1. The van der Waals surface area contributed by atoms with Crippen LogP contribution in [-0.4, -0.2) is 18.4 Å². The number of nitrogens with zero attached hydrogens (tertiary/aromatic N) is 3. The Morgan fingerprint density at radius 1 is 0.882 bits per heavy atom. The summed E-state index contributed by atoms with van der Waals surface area (Å²) in [7, 11) is -2.75. The highest BCUT2D eigenvalue weighted by molar-refractivity contribution is 7.70. The second-order valence-corrected chi connectivity index (χ2v) is 8.50. The summed E-state index contributed by atoms with van der Waals surface area (Å²) in [6, 6.07) is 25.0. The molecule has 2 aromatic carbocycles. The average molecular weight is 473 g/mol. The van der Waals surface area contributed by atoms with Crippen molar-refractivity contribution < 1.29 is 12.8 Å². The average Bonchev–Trinajstić information content (AvgIpc) is 2.87. The van der Waals surface area contributed by atoms with Crippen molar-refractivity contribution in [3.63, 3.8) is 0 Å². The first-order valence-corrected chi connectivity index (χ1v) is 11.7. The van der Waals surface area contributed by atoms with Crippen molar-refractivity contribution in [3.8, 4) is 6.07 Å². The fourth-order valence-corrected chi connectivity index (χ4v) is 4.31. The van der Waals surface area contributed by atoms with Gasteiger partial charge in [-0.15, -0.1) is 0 Å². The van der Waals surface area contributed by atoms with Crippen molar-refractivity contribution in [2.75, 3.05) is 0 Å². The molecule has 6 nitrogen and oxygen atoms in total. The van der Waals surface area contributed by atoms with Crippen LogP contribution in [0.5, 0.6) is 0 Å². The largest absolute Gasteiger partial charge is 0.264 e. The number of halogens is 1. The fraction of sp³-hybridized carbons (Fsp3) is 0.115. The van der Waals surface area contributed by atoms with Crippen LogP contribution < -0.4 is 4.72 Å². The molecule has 0 aliphatic rings. The van der Waals surface area contributed by atoms with Crippen molar-refractivity contribution in [1.29, 1.82) is 5.26 Å². The van der Waals surface area contributed by atoms with Crippen LogP contribution in [0.3, 0.4) is 0 Å². The van der Waals surface area contributed by atoms with Gasteiger partial charge in [0, 0.05) is 29.9 Å². The van der Waals surface area contributed by atoms with E-state index in [-0.39, 0.29) is 24.2 Å². The van der Waals surface area contributed by atoms with Gasteiger partial charge in [0.15, 0.2) is 0 Å². The minimum atomic E-state index is -2.75. The molecule has 1 unspecified atom stereocenters. The third kappa shape index (κ3) is 5.52. The highest BCUT2D eigenvalue weighted by Gasteiger charge is 2.30. The highest BCUT2D eigenvalue weighted by atomic mass is 32.2. The van der Waals surface area contributed by atoms with Gasteiger partial charge in [-0.25, -0.2) is 17.5 Å². The Balaban J connectivity index is 1.90. The Morgan fingerprint density at radius 2 is 1.59 bits per heavy atom. The van der Waals surface area contributed by atoms with Crippen LogP contribution >= 0.6 is 0 Å². The number of pyridine rings is 2. The minimum absolute atomic E-state index is 0.0666. The van der Waals surface area contributed by atoms with Gasteiger partial charge in [-0.05, 0) is 59.2 Å². The van der Waals surface area contributed by atoms with E-state index >= 15 is 0 Å². The molecule has 1 N–H and O–H groups in total. The molecule has 34 heavy (non-hydrogen) atoms. The maximum absolute atomic E-state index is 13.8. The number of nitriles is 1. The van der Waals surface area contributed by atoms with Crippen LogP contribution in [-0.2, 0) is 17.4 Å². The van der Waals surface area contributed by atoms with E-state index in [1.807, 2.05) is 36.4 Å². The number of aromatic nitrogens is 2. The zero-order valence-electron chi connectivity index (χ0n) is 18.0. The van der Waals surface area contributed by atoms with E-state index in [0.29, 0.717) is 17.0 Å². The Hall–Kier alpha value is -3.93. The summed E-state index contributed by atoms with van der Waals surface area (Å²) in [5.74, 6) is -0.929. The van der Waals surface area contributed by atoms with Crippen molar-refractivity contribution in [1.82, 2.24) is 14.7 Å². The first kappa shape index (κ1) is 23.2. The van der Waals surface area contributed by atoms with Gasteiger partial charge in [0.25, 0.3) is 0 Å². The first-order valence-electron chi connectivity index (χ1n) is 10.5. The number of thiol groups is 1. The van der Waals surface area contributed by atoms with Gasteiger partial charge in [0.2, 0.25) is 10.9 Å². The molecule has 0 saturated carbocycles. The van der Waals surface area contributed by atoms with Crippen LogP contribution in [0.2, 0.25) is 0 Å². The lowest BCUT2D eigenvalue weighted by molar-refractivity contribution is 0.600. The molecule has 0 fully saturated rings. The van der Waals surface area contributed by atoms with Gasteiger partial charge in [-0.1, -0.05) is 36.4 Å². The molecule has 0 aliphatic heterocycles. The van der Waals surface area contributed by atoms with Crippen LogP contribution in [0.15, 0.2) is 91.3 Å². The zero-order chi connectivity index (χ0) is 23.9. The molecule has 8 heteroatoms. The second-order valence-electron chi connectivity index (χ2n) is 7.67. The van der Waals surface area contributed by atoms with Gasteiger partial charge >= 0.3 is 0 Å². The zero-order valence-corrected chi connectivity index (χ0v) is 18.9. The number of rotatable bonds is 8. The van der Waals surface area contributed by atoms with Crippen LogP contribution in [0.4, 0.5) is 4.39 Å².